The zero-order valence-electron chi connectivity index (χ0n) is 18.7. The van der Waals surface area contributed by atoms with Crippen LogP contribution in [0.15, 0.2) is 69.8 Å². The van der Waals surface area contributed by atoms with Gasteiger partial charge >= 0.3 is 5.97 Å². The lowest BCUT2D eigenvalue weighted by atomic mass is 10.1. The highest BCUT2D eigenvalue weighted by Crippen LogP contribution is 2.38. The zero-order chi connectivity index (χ0) is 25.8. The quantitative estimate of drug-likeness (QED) is 0.0839. The number of non-ortho nitro benzene ring substituents is 1. The summed E-state index contributed by atoms with van der Waals surface area (Å²) < 4.78 is 18.5. The number of halogens is 3. The van der Waals surface area contributed by atoms with Crippen LogP contribution in [0.1, 0.15) is 23.6 Å². The maximum Gasteiger partial charge on any atom is 0.363 e. The average molecular weight is 684 g/mol. The molecule has 1 aliphatic rings. The topological polar surface area (TPSA) is 100 Å². The Balaban J connectivity index is 1.62. The number of nitro groups is 1. The third kappa shape index (κ3) is 6.05. The number of ether oxygens (including phenoxy) is 3. The number of benzene rings is 3. The molecule has 11 heteroatoms. The Morgan fingerprint density at radius 3 is 2.75 bits per heavy atom. The molecule has 0 unspecified atom stereocenters. The molecule has 0 saturated heterocycles. The second-order valence-electron chi connectivity index (χ2n) is 7.44. The van der Waals surface area contributed by atoms with Gasteiger partial charge in [0.15, 0.2) is 17.2 Å². The largest absolute Gasteiger partial charge is 0.490 e. The van der Waals surface area contributed by atoms with E-state index in [2.05, 4.69) is 43.5 Å². The van der Waals surface area contributed by atoms with Crippen molar-refractivity contribution in [2.24, 2.45) is 4.99 Å². The molecule has 4 rings (SSSR count). The van der Waals surface area contributed by atoms with Gasteiger partial charge in [0, 0.05) is 15.7 Å². The molecule has 0 saturated carbocycles. The Morgan fingerprint density at radius 2 is 2.00 bits per heavy atom. The van der Waals surface area contributed by atoms with Crippen LogP contribution in [0.5, 0.6) is 11.5 Å². The molecular weight excluding hydrogens is 667 g/mol. The molecule has 0 atom stereocenters. The standard InChI is InChI=1S/C25H17BrClIN2O6/c1-2-34-22-11-15(9-19(26)23(22)35-13-14-4-3-5-17(8-14)30(32)33)10-21-25(31)36-24(29-21)18-12-16(28)6-7-20(18)27/h3-12H,2,13H2,1H3/b21-10-. The number of rotatable bonds is 8. The normalized spacial score (nSPS) is 13.9. The van der Waals surface area contributed by atoms with E-state index in [1.165, 1.54) is 12.1 Å². The summed E-state index contributed by atoms with van der Waals surface area (Å²) in [4.78, 5) is 27.4. The van der Waals surface area contributed by atoms with Crippen molar-refractivity contribution in [1.29, 1.82) is 0 Å². The van der Waals surface area contributed by atoms with E-state index >= 15 is 0 Å². The van der Waals surface area contributed by atoms with Gasteiger partial charge in [0.1, 0.15) is 6.61 Å². The molecular formula is C25H17BrClIN2O6. The van der Waals surface area contributed by atoms with Crippen molar-refractivity contribution in [3.63, 3.8) is 0 Å². The van der Waals surface area contributed by atoms with Gasteiger partial charge in [-0.2, -0.15) is 0 Å². The lowest BCUT2D eigenvalue weighted by Gasteiger charge is -2.15. The Hall–Kier alpha value is -2.96. The third-order valence-corrected chi connectivity index (χ3v) is 6.51. The second kappa shape index (κ2) is 11.4. The van der Waals surface area contributed by atoms with Crippen LogP contribution >= 0.6 is 50.1 Å². The zero-order valence-corrected chi connectivity index (χ0v) is 23.2. The predicted octanol–water partition coefficient (Wildman–Crippen LogP) is 6.94. The smallest absolute Gasteiger partial charge is 0.363 e. The van der Waals surface area contributed by atoms with Crippen molar-refractivity contribution in [2.45, 2.75) is 13.5 Å². The molecule has 0 fully saturated rings. The molecule has 36 heavy (non-hydrogen) atoms. The molecule has 0 aromatic heterocycles. The molecule has 0 spiro atoms. The fraction of sp³-hybridized carbons (Fsp3) is 0.120. The van der Waals surface area contributed by atoms with Gasteiger partial charge in [-0.05, 0) is 93.0 Å². The summed E-state index contributed by atoms with van der Waals surface area (Å²) in [7, 11) is 0. The number of carbonyl (C=O) groups excluding carboxylic acids is 1. The van der Waals surface area contributed by atoms with Crippen molar-refractivity contribution < 1.29 is 23.9 Å². The summed E-state index contributed by atoms with van der Waals surface area (Å²) >= 11 is 11.9. The van der Waals surface area contributed by atoms with E-state index in [-0.39, 0.29) is 23.9 Å². The maximum absolute atomic E-state index is 12.5. The highest BCUT2D eigenvalue weighted by molar-refractivity contribution is 14.1. The van der Waals surface area contributed by atoms with Crippen LogP contribution < -0.4 is 9.47 Å². The van der Waals surface area contributed by atoms with E-state index in [0.29, 0.717) is 44.3 Å². The van der Waals surface area contributed by atoms with Crippen molar-refractivity contribution in [3.8, 4) is 11.5 Å². The first-order valence-electron chi connectivity index (χ1n) is 10.6. The summed E-state index contributed by atoms with van der Waals surface area (Å²) in [6.45, 7) is 2.30. The Morgan fingerprint density at radius 1 is 1.19 bits per heavy atom. The lowest BCUT2D eigenvalue weighted by molar-refractivity contribution is -0.384. The molecule has 8 nitrogen and oxygen atoms in total. The number of nitrogens with zero attached hydrogens (tertiary/aromatic N) is 2. The summed E-state index contributed by atoms with van der Waals surface area (Å²) in [6.07, 6.45) is 1.58. The summed E-state index contributed by atoms with van der Waals surface area (Å²) in [5.41, 5.74) is 1.88. The van der Waals surface area contributed by atoms with Gasteiger partial charge in [0.25, 0.3) is 5.69 Å². The Kier molecular flexibility index (Phi) is 8.27. The summed E-state index contributed by atoms with van der Waals surface area (Å²) in [5.74, 6) is 0.394. The van der Waals surface area contributed by atoms with E-state index in [9.17, 15) is 14.9 Å². The fourth-order valence-electron chi connectivity index (χ4n) is 3.33. The van der Waals surface area contributed by atoms with Crippen LogP contribution in [0.25, 0.3) is 6.08 Å². The first kappa shape index (κ1) is 26.1. The van der Waals surface area contributed by atoms with E-state index < -0.39 is 10.9 Å². The van der Waals surface area contributed by atoms with Crippen molar-refractivity contribution in [2.75, 3.05) is 6.61 Å². The van der Waals surface area contributed by atoms with Crippen LogP contribution in [0.2, 0.25) is 5.02 Å². The number of esters is 1. The molecule has 0 amide bonds. The van der Waals surface area contributed by atoms with Crippen LogP contribution in [-0.4, -0.2) is 23.4 Å². The molecule has 1 aliphatic heterocycles. The number of cyclic esters (lactones) is 1. The van der Waals surface area contributed by atoms with E-state index in [0.717, 1.165) is 3.57 Å². The number of aliphatic imine (C=N–C) groups is 1. The average Bonchev–Trinajstić information content (AvgIpc) is 3.20. The number of hydrogen-bond acceptors (Lipinski definition) is 7. The first-order valence-corrected chi connectivity index (χ1v) is 12.8. The lowest BCUT2D eigenvalue weighted by Crippen LogP contribution is -2.06. The van der Waals surface area contributed by atoms with Gasteiger partial charge in [-0.25, -0.2) is 9.79 Å². The molecule has 3 aromatic rings. The molecule has 3 aromatic carbocycles. The van der Waals surface area contributed by atoms with Gasteiger partial charge < -0.3 is 14.2 Å². The van der Waals surface area contributed by atoms with Crippen LogP contribution in [0.3, 0.4) is 0 Å². The van der Waals surface area contributed by atoms with Gasteiger partial charge in [-0.15, -0.1) is 0 Å². The van der Waals surface area contributed by atoms with Crippen molar-refractivity contribution in [1.82, 2.24) is 0 Å². The van der Waals surface area contributed by atoms with Crippen molar-refractivity contribution in [3.05, 3.63) is 100 Å². The third-order valence-electron chi connectivity index (χ3n) is 4.92. The van der Waals surface area contributed by atoms with Crippen LogP contribution in [0.4, 0.5) is 5.69 Å². The Labute approximate surface area is 233 Å². The SMILES string of the molecule is CCOc1cc(/C=C2\N=C(c3cc(I)ccc3Cl)OC2=O)cc(Br)c1OCc1cccc([N+](=O)[O-])c1. The van der Waals surface area contributed by atoms with Crippen LogP contribution in [-0.2, 0) is 16.1 Å². The molecule has 184 valence electrons. The minimum atomic E-state index is -0.597. The highest BCUT2D eigenvalue weighted by atomic mass is 127. The molecule has 0 bridgehead atoms. The molecule has 0 radical (unpaired) electrons. The van der Waals surface area contributed by atoms with Gasteiger partial charge in [-0.3, -0.25) is 10.1 Å². The second-order valence-corrected chi connectivity index (χ2v) is 9.95. The summed E-state index contributed by atoms with van der Waals surface area (Å²) in [6, 6.07) is 15.0. The predicted molar refractivity (Wildman–Crippen MR) is 148 cm³/mol. The monoisotopic (exact) mass is 682 g/mol. The number of hydrogen-bond donors (Lipinski definition) is 0. The minimum Gasteiger partial charge on any atom is -0.490 e. The maximum atomic E-state index is 12.5. The first-order chi connectivity index (χ1) is 17.2. The van der Waals surface area contributed by atoms with Crippen molar-refractivity contribution >= 4 is 73.8 Å². The van der Waals surface area contributed by atoms with E-state index in [4.69, 9.17) is 25.8 Å². The number of carbonyl (C=O) groups is 1. The Bertz CT molecular complexity index is 1430. The van der Waals surface area contributed by atoms with Gasteiger partial charge in [0.05, 0.1) is 26.6 Å². The summed E-state index contributed by atoms with van der Waals surface area (Å²) in [5, 5.41) is 11.5. The minimum absolute atomic E-state index is 0.0166. The van der Waals surface area contributed by atoms with Crippen LogP contribution in [0, 0.1) is 13.7 Å². The van der Waals surface area contributed by atoms with Gasteiger partial charge in [0.2, 0.25) is 5.90 Å². The molecule has 0 N–H and O–H groups in total. The molecule has 1 heterocycles. The van der Waals surface area contributed by atoms with Gasteiger partial charge in [-0.1, -0.05) is 23.7 Å². The fourth-order valence-corrected chi connectivity index (χ4v) is 4.60. The number of nitro benzene ring substituents is 1. The molecule has 0 aliphatic carbocycles. The highest BCUT2D eigenvalue weighted by Gasteiger charge is 2.26. The van der Waals surface area contributed by atoms with E-state index in [1.54, 1.807) is 42.5 Å². The van der Waals surface area contributed by atoms with E-state index in [1.807, 2.05) is 13.0 Å².